The number of hydrogen-bond acceptors (Lipinski definition) is 5. The summed E-state index contributed by atoms with van der Waals surface area (Å²) in [6.07, 6.45) is -0.338. The van der Waals surface area contributed by atoms with Gasteiger partial charge in [0.2, 0.25) is 0 Å². The number of aromatic nitrogens is 2. The predicted octanol–water partition coefficient (Wildman–Crippen LogP) is 13.5. The molecule has 1 N–H and O–H groups in total. The van der Waals surface area contributed by atoms with Gasteiger partial charge in [-0.2, -0.15) is 0 Å². The maximum absolute atomic E-state index is 5.35. The van der Waals surface area contributed by atoms with E-state index in [1.165, 1.54) is 52.9 Å². The van der Waals surface area contributed by atoms with Crippen LogP contribution in [0.1, 0.15) is 22.9 Å². The summed E-state index contributed by atoms with van der Waals surface area (Å²) in [5, 5.41) is 11.1. The number of para-hydroxylation sites is 2. The molecule has 282 valence electrons. The molecule has 8 aromatic carbocycles. The van der Waals surface area contributed by atoms with Crippen LogP contribution in [0.4, 0.5) is 0 Å². The molecule has 12 rings (SSSR count). The van der Waals surface area contributed by atoms with Crippen molar-refractivity contribution < 1.29 is 0 Å². The number of pyridine rings is 1. The third-order valence-corrected chi connectivity index (χ3v) is 12.8. The monoisotopic (exact) mass is 785 g/mol. The molecule has 60 heavy (non-hydrogen) atoms. The van der Waals surface area contributed by atoms with Crippen molar-refractivity contribution in [3.63, 3.8) is 0 Å². The molecule has 1 aliphatic rings. The van der Waals surface area contributed by atoms with Crippen LogP contribution in [0.25, 0.3) is 81.0 Å². The molecular formula is C54H35N5S. The van der Waals surface area contributed by atoms with Crippen LogP contribution in [0, 0.1) is 0 Å². The SMILES string of the molecule is c1ccc(C2=NC(c3ccc(-n4c5ccccc5c5c6c(sc54)c(-c4ccc5ccccc5c4)nc4ccccc46)cc3)NC(c3cccc(-c4ccccc4)c3)=N2)cc1. The van der Waals surface area contributed by atoms with Crippen molar-refractivity contribution in [1.29, 1.82) is 0 Å². The topological polar surface area (TPSA) is 54.6 Å². The molecule has 5 nitrogen and oxygen atoms in total. The Labute approximate surface area is 350 Å². The fraction of sp³-hybridized carbons (Fsp3) is 0.0185. The molecule has 0 amide bonds. The molecule has 11 aromatic rings. The summed E-state index contributed by atoms with van der Waals surface area (Å²) in [5.41, 5.74) is 10.8. The van der Waals surface area contributed by atoms with Crippen LogP contribution in [-0.2, 0) is 0 Å². The second kappa shape index (κ2) is 14.0. The number of hydrogen-bond donors (Lipinski definition) is 1. The predicted molar refractivity (Wildman–Crippen MR) is 252 cm³/mol. The molecule has 4 heterocycles. The van der Waals surface area contributed by atoms with Crippen molar-refractivity contribution in [2.75, 3.05) is 0 Å². The number of fused-ring (bicyclic) bond motifs is 8. The molecular weight excluding hydrogens is 751 g/mol. The molecule has 6 heteroatoms. The zero-order valence-corrected chi connectivity index (χ0v) is 33.1. The first kappa shape index (κ1) is 34.4. The van der Waals surface area contributed by atoms with Gasteiger partial charge < -0.3 is 9.88 Å². The van der Waals surface area contributed by atoms with Crippen molar-refractivity contribution in [3.05, 3.63) is 217 Å². The Kier molecular flexibility index (Phi) is 8.03. The van der Waals surface area contributed by atoms with Gasteiger partial charge in [0.15, 0.2) is 5.84 Å². The molecule has 0 spiro atoms. The number of benzene rings is 8. The summed E-state index contributed by atoms with van der Waals surface area (Å²) in [5.74, 6) is 1.50. The van der Waals surface area contributed by atoms with Crippen molar-refractivity contribution in [1.82, 2.24) is 14.9 Å². The van der Waals surface area contributed by atoms with Crippen LogP contribution in [0.2, 0.25) is 0 Å². The highest BCUT2D eigenvalue weighted by Gasteiger charge is 2.24. The molecule has 0 aliphatic carbocycles. The van der Waals surface area contributed by atoms with E-state index < -0.39 is 0 Å². The minimum atomic E-state index is -0.338. The van der Waals surface area contributed by atoms with E-state index in [2.05, 4.69) is 186 Å². The van der Waals surface area contributed by atoms with Crippen LogP contribution in [0.3, 0.4) is 0 Å². The van der Waals surface area contributed by atoms with E-state index in [9.17, 15) is 0 Å². The molecule has 1 unspecified atom stereocenters. The van der Waals surface area contributed by atoms with Gasteiger partial charge in [-0.3, -0.25) is 0 Å². The second-order valence-electron chi connectivity index (χ2n) is 15.2. The lowest BCUT2D eigenvalue weighted by Crippen LogP contribution is -2.33. The van der Waals surface area contributed by atoms with E-state index >= 15 is 0 Å². The molecule has 1 atom stereocenters. The van der Waals surface area contributed by atoms with Gasteiger partial charge in [0, 0.05) is 43.9 Å². The first-order valence-electron chi connectivity index (χ1n) is 20.2. The fourth-order valence-electron chi connectivity index (χ4n) is 8.75. The average Bonchev–Trinajstić information content (AvgIpc) is 3.87. The third-order valence-electron chi connectivity index (χ3n) is 11.6. The Hall–Kier alpha value is -7.67. The summed E-state index contributed by atoms with van der Waals surface area (Å²) in [6.45, 7) is 0. The molecule has 0 bridgehead atoms. The van der Waals surface area contributed by atoms with Crippen LogP contribution in [0.5, 0.6) is 0 Å². The summed E-state index contributed by atoms with van der Waals surface area (Å²) in [4.78, 5) is 16.8. The largest absolute Gasteiger partial charge is 0.344 e. The van der Waals surface area contributed by atoms with Crippen LogP contribution in [0.15, 0.2) is 210 Å². The third kappa shape index (κ3) is 5.72. The Bertz CT molecular complexity index is 3510. The first-order chi connectivity index (χ1) is 29.7. The van der Waals surface area contributed by atoms with Crippen molar-refractivity contribution in [2.45, 2.75) is 6.17 Å². The van der Waals surface area contributed by atoms with E-state index in [0.29, 0.717) is 5.84 Å². The maximum atomic E-state index is 5.35. The number of amidine groups is 2. The zero-order valence-electron chi connectivity index (χ0n) is 32.3. The Balaban J connectivity index is 0.990. The van der Waals surface area contributed by atoms with Crippen LogP contribution < -0.4 is 5.32 Å². The summed E-state index contributed by atoms with van der Waals surface area (Å²) >= 11 is 1.83. The Morgan fingerprint density at radius 2 is 1.18 bits per heavy atom. The molecule has 0 saturated carbocycles. The molecule has 0 radical (unpaired) electrons. The van der Waals surface area contributed by atoms with Crippen LogP contribution >= 0.6 is 11.3 Å². The summed E-state index contributed by atoms with van der Waals surface area (Å²) < 4.78 is 3.62. The van der Waals surface area contributed by atoms with Gasteiger partial charge in [0.05, 0.1) is 21.4 Å². The van der Waals surface area contributed by atoms with Gasteiger partial charge in [-0.25, -0.2) is 15.0 Å². The molecule has 1 aliphatic heterocycles. The van der Waals surface area contributed by atoms with Gasteiger partial charge in [-0.05, 0) is 63.9 Å². The summed E-state index contributed by atoms with van der Waals surface area (Å²) in [6, 6.07) is 70.7. The van der Waals surface area contributed by atoms with E-state index in [0.717, 1.165) is 50.6 Å². The van der Waals surface area contributed by atoms with E-state index in [-0.39, 0.29) is 6.17 Å². The lowest BCUT2D eigenvalue weighted by Gasteiger charge is -2.24. The number of aliphatic imine (C=N–C) groups is 2. The minimum absolute atomic E-state index is 0.338. The van der Waals surface area contributed by atoms with Gasteiger partial charge in [0.1, 0.15) is 16.8 Å². The van der Waals surface area contributed by atoms with Crippen molar-refractivity contribution in [3.8, 4) is 28.1 Å². The minimum Gasteiger partial charge on any atom is -0.344 e. The normalized spacial score (nSPS) is 14.2. The summed E-state index contributed by atoms with van der Waals surface area (Å²) in [7, 11) is 0. The quantitative estimate of drug-likeness (QED) is 0.183. The number of thiophene rings is 1. The van der Waals surface area contributed by atoms with Gasteiger partial charge in [-0.1, -0.05) is 164 Å². The van der Waals surface area contributed by atoms with E-state index in [1.807, 2.05) is 35.6 Å². The van der Waals surface area contributed by atoms with Gasteiger partial charge in [-0.15, -0.1) is 11.3 Å². The lowest BCUT2D eigenvalue weighted by molar-refractivity contribution is 0.674. The Morgan fingerprint density at radius 1 is 0.500 bits per heavy atom. The number of nitrogens with zero attached hydrogens (tertiary/aromatic N) is 4. The number of nitrogens with one attached hydrogen (secondary N) is 1. The van der Waals surface area contributed by atoms with Crippen molar-refractivity contribution >= 4 is 75.9 Å². The highest BCUT2D eigenvalue weighted by molar-refractivity contribution is 7.26. The molecule has 0 fully saturated rings. The zero-order chi connectivity index (χ0) is 39.6. The van der Waals surface area contributed by atoms with Gasteiger partial charge >= 0.3 is 0 Å². The van der Waals surface area contributed by atoms with Gasteiger partial charge in [0.25, 0.3) is 0 Å². The lowest BCUT2D eigenvalue weighted by atomic mass is 10.0. The molecule has 3 aromatic heterocycles. The Morgan fingerprint density at radius 3 is 2.02 bits per heavy atom. The van der Waals surface area contributed by atoms with E-state index in [1.54, 1.807) is 0 Å². The van der Waals surface area contributed by atoms with Crippen molar-refractivity contribution in [2.24, 2.45) is 9.98 Å². The average molecular weight is 786 g/mol. The second-order valence-corrected chi connectivity index (χ2v) is 16.2. The smallest absolute Gasteiger partial charge is 0.159 e. The maximum Gasteiger partial charge on any atom is 0.159 e. The van der Waals surface area contributed by atoms with E-state index in [4.69, 9.17) is 15.0 Å². The standard InChI is InChI=1S/C54H35N5S/c1-3-14-34(15-4-1)39-20-13-21-41(33-39)53-57-51(36-17-5-2-6-18-36)56-52(58-53)37-28-30-42(31-29-37)59-46-25-12-10-23-44(46)48-47-43-22-9-11-24-45(43)55-49(50(47)60-54(48)59)40-27-26-35-16-7-8-19-38(35)32-40/h1-33,52H,(H,56,57,58). The highest BCUT2D eigenvalue weighted by Crippen LogP contribution is 2.48. The fourth-order valence-corrected chi connectivity index (χ4v) is 10.1. The highest BCUT2D eigenvalue weighted by atomic mass is 32.1. The number of rotatable bonds is 6. The van der Waals surface area contributed by atoms with Crippen LogP contribution in [-0.4, -0.2) is 21.2 Å². The first-order valence-corrected chi connectivity index (χ1v) is 21.0. The molecule has 0 saturated heterocycles.